The molecule has 6 heteroatoms. The lowest BCUT2D eigenvalue weighted by atomic mass is 10.1. The molecule has 0 bridgehead atoms. The van der Waals surface area contributed by atoms with Crippen LogP contribution in [-0.4, -0.2) is 30.8 Å². The molecule has 4 rings (SSSR count). The van der Waals surface area contributed by atoms with Crippen LogP contribution in [0.5, 0.6) is 0 Å². The fourth-order valence-electron chi connectivity index (χ4n) is 3.63. The molecule has 4 heterocycles. The summed E-state index contributed by atoms with van der Waals surface area (Å²) in [5, 5.41) is 0. The molecule has 0 fully saturated rings. The predicted octanol–water partition coefficient (Wildman–Crippen LogP) is 2.72. The second kappa shape index (κ2) is 6.36. The first kappa shape index (κ1) is 17.0. The molecule has 0 spiro atoms. The number of fused-ring (bicyclic) bond motifs is 2. The van der Waals surface area contributed by atoms with Crippen molar-refractivity contribution in [2.45, 2.75) is 53.1 Å². The minimum Gasteiger partial charge on any atom is -0.310 e. The third-order valence-electron chi connectivity index (χ3n) is 5.15. The van der Waals surface area contributed by atoms with Gasteiger partial charge in [-0.2, -0.15) is 0 Å². The number of imidazole rings is 1. The quantitative estimate of drug-likeness (QED) is 0.788. The van der Waals surface area contributed by atoms with Crippen LogP contribution >= 0.6 is 0 Å². The zero-order valence-corrected chi connectivity index (χ0v) is 15.8. The number of aryl methyl sites for hydroxylation is 2. The van der Waals surface area contributed by atoms with Crippen LogP contribution < -0.4 is 5.56 Å². The minimum atomic E-state index is 0.00843. The minimum absolute atomic E-state index is 0.00843. The normalized spacial score (nSPS) is 15.0. The maximum absolute atomic E-state index is 12.5. The number of aromatic amines is 1. The van der Waals surface area contributed by atoms with Gasteiger partial charge in [-0.25, -0.2) is 9.97 Å². The number of nitrogens with zero attached hydrogens (tertiary/aromatic N) is 4. The monoisotopic (exact) mass is 351 g/mol. The van der Waals surface area contributed by atoms with E-state index in [9.17, 15) is 4.79 Å². The summed E-state index contributed by atoms with van der Waals surface area (Å²) in [5.74, 6) is 1.02. The highest BCUT2D eigenvalue weighted by molar-refractivity contribution is 5.44. The van der Waals surface area contributed by atoms with Crippen molar-refractivity contribution in [3.63, 3.8) is 0 Å². The largest absolute Gasteiger partial charge is 0.310 e. The van der Waals surface area contributed by atoms with Crippen LogP contribution in [0.4, 0.5) is 0 Å². The molecule has 3 aromatic rings. The van der Waals surface area contributed by atoms with Gasteiger partial charge in [0.25, 0.3) is 5.56 Å². The summed E-state index contributed by atoms with van der Waals surface area (Å²) in [5.41, 5.74) is 6.19. The Hall–Kier alpha value is -2.47. The van der Waals surface area contributed by atoms with Gasteiger partial charge in [-0.3, -0.25) is 9.69 Å². The average molecular weight is 351 g/mol. The van der Waals surface area contributed by atoms with Crippen molar-refractivity contribution in [3.05, 3.63) is 62.7 Å². The molecule has 0 aliphatic carbocycles. The molecular formula is C20H25N5O. The van der Waals surface area contributed by atoms with Gasteiger partial charge < -0.3 is 9.38 Å². The molecule has 0 atom stereocenters. The molecule has 1 aliphatic heterocycles. The molecule has 0 saturated heterocycles. The van der Waals surface area contributed by atoms with Crippen molar-refractivity contribution in [1.29, 1.82) is 0 Å². The predicted molar refractivity (Wildman–Crippen MR) is 101 cm³/mol. The maximum atomic E-state index is 12.5. The van der Waals surface area contributed by atoms with E-state index in [1.165, 1.54) is 11.3 Å². The zero-order chi connectivity index (χ0) is 18.4. The Balaban J connectivity index is 1.64. The molecule has 0 radical (unpaired) electrons. The van der Waals surface area contributed by atoms with Crippen LogP contribution in [0, 0.1) is 13.8 Å². The number of nitrogens with one attached hydrogen (secondary N) is 1. The van der Waals surface area contributed by atoms with Crippen LogP contribution in [0.2, 0.25) is 0 Å². The molecule has 0 aromatic carbocycles. The van der Waals surface area contributed by atoms with Crippen molar-refractivity contribution in [1.82, 2.24) is 24.3 Å². The highest BCUT2D eigenvalue weighted by atomic mass is 16.1. The molecule has 0 amide bonds. The molecular weight excluding hydrogens is 326 g/mol. The van der Waals surface area contributed by atoms with Crippen LogP contribution in [0.25, 0.3) is 5.65 Å². The SMILES string of the molecule is Cc1ccc2nc(C)c(CN3CCc4nc(C(C)C)[nH]c(=O)c4C3)n2c1. The summed E-state index contributed by atoms with van der Waals surface area (Å²) in [6.07, 6.45) is 2.94. The molecule has 26 heavy (non-hydrogen) atoms. The summed E-state index contributed by atoms with van der Waals surface area (Å²) in [4.78, 5) is 27.1. The molecule has 0 saturated carbocycles. The fourth-order valence-corrected chi connectivity index (χ4v) is 3.63. The number of aromatic nitrogens is 4. The number of rotatable bonds is 3. The number of hydrogen-bond acceptors (Lipinski definition) is 4. The Morgan fingerprint density at radius 1 is 1.23 bits per heavy atom. The molecule has 6 nitrogen and oxygen atoms in total. The molecule has 136 valence electrons. The number of hydrogen-bond donors (Lipinski definition) is 1. The van der Waals surface area contributed by atoms with Crippen LogP contribution in [0.1, 0.15) is 53.8 Å². The molecule has 3 aromatic heterocycles. The average Bonchev–Trinajstić information content (AvgIpc) is 2.90. The van der Waals surface area contributed by atoms with Gasteiger partial charge >= 0.3 is 0 Å². The summed E-state index contributed by atoms with van der Waals surface area (Å²) in [6, 6.07) is 4.14. The summed E-state index contributed by atoms with van der Waals surface area (Å²) >= 11 is 0. The maximum Gasteiger partial charge on any atom is 0.255 e. The van der Waals surface area contributed by atoms with E-state index >= 15 is 0 Å². The van der Waals surface area contributed by atoms with Gasteiger partial charge in [-0.15, -0.1) is 0 Å². The van der Waals surface area contributed by atoms with E-state index in [0.29, 0.717) is 6.54 Å². The Labute approximate surface area is 152 Å². The Morgan fingerprint density at radius 2 is 2.04 bits per heavy atom. The lowest BCUT2D eigenvalue weighted by Gasteiger charge is -2.28. The Kier molecular flexibility index (Phi) is 4.15. The standard InChI is InChI=1S/C20H25N5O/c1-12(2)19-22-16-7-8-24(10-15(16)20(26)23-19)11-17-14(4)21-18-6-5-13(3)9-25(17)18/h5-6,9,12H,7-8,10-11H2,1-4H3,(H,22,23,26). The Bertz CT molecular complexity index is 1030. The summed E-state index contributed by atoms with van der Waals surface area (Å²) < 4.78 is 2.17. The van der Waals surface area contributed by atoms with Gasteiger partial charge in [0, 0.05) is 38.2 Å². The van der Waals surface area contributed by atoms with E-state index < -0.39 is 0 Å². The van der Waals surface area contributed by atoms with Gasteiger partial charge in [-0.1, -0.05) is 19.9 Å². The third kappa shape index (κ3) is 2.94. The number of H-pyrrole nitrogens is 1. The number of pyridine rings is 1. The van der Waals surface area contributed by atoms with Crippen molar-refractivity contribution >= 4 is 5.65 Å². The van der Waals surface area contributed by atoms with E-state index in [2.05, 4.69) is 70.3 Å². The van der Waals surface area contributed by atoms with Crippen LogP contribution in [-0.2, 0) is 19.5 Å². The highest BCUT2D eigenvalue weighted by Crippen LogP contribution is 2.20. The second-order valence-electron chi connectivity index (χ2n) is 7.57. The second-order valence-corrected chi connectivity index (χ2v) is 7.57. The smallest absolute Gasteiger partial charge is 0.255 e. The lowest BCUT2D eigenvalue weighted by molar-refractivity contribution is 0.237. The van der Waals surface area contributed by atoms with Gasteiger partial charge in [0.15, 0.2) is 0 Å². The first-order chi connectivity index (χ1) is 12.4. The first-order valence-electron chi connectivity index (χ1n) is 9.21. The first-order valence-corrected chi connectivity index (χ1v) is 9.21. The fraction of sp³-hybridized carbons (Fsp3) is 0.450. The van der Waals surface area contributed by atoms with Crippen LogP contribution in [0.3, 0.4) is 0 Å². The van der Waals surface area contributed by atoms with Crippen molar-refractivity contribution < 1.29 is 0 Å². The van der Waals surface area contributed by atoms with Gasteiger partial charge in [0.1, 0.15) is 11.5 Å². The van der Waals surface area contributed by atoms with E-state index in [0.717, 1.165) is 47.9 Å². The van der Waals surface area contributed by atoms with Gasteiger partial charge in [-0.05, 0) is 25.5 Å². The van der Waals surface area contributed by atoms with E-state index in [-0.39, 0.29) is 11.5 Å². The summed E-state index contributed by atoms with van der Waals surface area (Å²) in [7, 11) is 0. The zero-order valence-electron chi connectivity index (χ0n) is 15.8. The van der Waals surface area contributed by atoms with Crippen molar-refractivity contribution in [2.75, 3.05) is 6.54 Å². The summed E-state index contributed by atoms with van der Waals surface area (Å²) in [6.45, 7) is 10.6. The van der Waals surface area contributed by atoms with Gasteiger partial charge in [0.2, 0.25) is 0 Å². The highest BCUT2D eigenvalue weighted by Gasteiger charge is 2.23. The van der Waals surface area contributed by atoms with Gasteiger partial charge in [0.05, 0.1) is 22.6 Å². The van der Waals surface area contributed by atoms with Crippen LogP contribution in [0.15, 0.2) is 23.1 Å². The topological polar surface area (TPSA) is 66.3 Å². The van der Waals surface area contributed by atoms with E-state index in [4.69, 9.17) is 0 Å². The molecule has 1 N–H and O–H groups in total. The van der Waals surface area contributed by atoms with Crippen molar-refractivity contribution in [2.24, 2.45) is 0 Å². The van der Waals surface area contributed by atoms with E-state index in [1.54, 1.807) is 0 Å². The molecule has 0 unspecified atom stereocenters. The lowest BCUT2D eigenvalue weighted by Crippen LogP contribution is -2.36. The Morgan fingerprint density at radius 3 is 2.81 bits per heavy atom. The van der Waals surface area contributed by atoms with Crippen molar-refractivity contribution in [3.8, 4) is 0 Å². The van der Waals surface area contributed by atoms with E-state index in [1.807, 2.05) is 0 Å². The molecule has 1 aliphatic rings. The third-order valence-corrected chi connectivity index (χ3v) is 5.15.